The molecule has 0 spiro atoms. The lowest BCUT2D eigenvalue weighted by Gasteiger charge is -2.13. The van der Waals surface area contributed by atoms with E-state index < -0.39 is 0 Å². The topological polar surface area (TPSA) is 99.4 Å². The Balaban J connectivity index is 1.65. The molecular weight excluding hydrogens is 372 g/mol. The molecule has 1 amide bonds. The van der Waals surface area contributed by atoms with Gasteiger partial charge in [-0.1, -0.05) is 19.0 Å². The van der Waals surface area contributed by atoms with Crippen LogP contribution in [-0.4, -0.2) is 34.2 Å². The van der Waals surface area contributed by atoms with Gasteiger partial charge in [0.25, 0.3) is 5.91 Å². The zero-order valence-electron chi connectivity index (χ0n) is 16.6. The SMILES string of the molecule is CCCOc1ccc(C(=O)NCc2nc(-c3ccncc3)no2)cc1OCCC. The molecule has 0 fully saturated rings. The van der Waals surface area contributed by atoms with E-state index in [1.807, 2.05) is 13.8 Å². The van der Waals surface area contributed by atoms with Crippen LogP contribution in [0.5, 0.6) is 11.5 Å². The summed E-state index contributed by atoms with van der Waals surface area (Å²) in [6.45, 7) is 5.31. The minimum atomic E-state index is -0.267. The smallest absolute Gasteiger partial charge is 0.251 e. The van der Waals surface area contributed by atoms with Crippen molar-refractivity contribution in [2.24, 2.45) is 0 Å². The van der Waals surface area contributed by atoms with Crippen LogP contribution in [0.1, 0.15) is 42.9 Å². The third-order valence-electron chi connectivity index (χ3n) is 3.94. The molecule has 0 unspecified atom stereocenters. The lowest BCUT2D eigenvalue weighted by atomic mass is 10.2. The van der Waals surface area contributed by atoms with E-state index in [1.54, 1.807) is 42.7 Å². The molecule has 0 atom stereocenters. The number of carbonyl (C=O) groups is 1. The van der Waals surface area contributed by atoms with Gasteiger partial charge in [0.1, 0.15) is 0 Å². The number of hydrogen-bond donors (Lipinski definition) is 1. The summed E-state index contributed by atoms with van der Waals surface area (Å²) >= 11 is 0. The number of carbonyl (C=O) groups excluding carboxylic acids is 1. The molecular formula is C21H24N4O4. The summed E-state index contributed by atoms with van der Waals surface area (Å²) < 4.78 is 16.6. The molecule has 8 nitrogen and oxygen atoms in total. The Morgan fingerprint density at radius 1 is 1.03 bits per heavy atom. The molecule has 0 aliphatic carbocycles. The second-order valence-corrected chi connectivity index (χ2v) is 6.29. The minimum Gasteiger partial charge on any atom is -0.490 e. The van der Waals surface area contributed by atoms with Gasteiger partial charge in [0.2, 0.25) is 11.7 Å². The van der Waals surface area contributed by atoms with Crippen molar-refractivity contribution < 1.29 is 18.8 Å². The Labute approximate surface area is 169 Å². The molecule has 0 aliphatic heterocycles. The highest BCUT2D eigenvalue weighted by Gasteiger charge is 2.14. The predicted molar refractivity (Wildman–Crippen MR) is 107 cm³/mol. The lowest BCUT2D eigenvalue weighted by molar-refractivity contribution is 0.0945. The van der Waals surface area contributed by atoms with E-state index in [4.69, 9.17) is 14.0 Å². The number of benzene rings is 1. The van der Waals surface area contributed by atoms with E-state index in [9.17, 15) is 4.79 Å². The summed E-state index contributed by atoms with van der Waals surface area (Å²) in [5.41, 5.74) is 1.26. The monoisotopic (exact) mass is 396 g/mol. The Morgan fingerprint density at radius 2 is 1.76 bits per heavy atom. The van der Waals surface area contributed by atoms with Crippen LogP contribution in [0, 0.1) is 0 Å². The van der Waals surface area contributed by atoms with Gasteiger partial charge < -0.3 is 19.3 Å². The first-order chi connectivity index (χ1) is 14.2. The first-order valence-corrected chi connectivity index (χ1v) is 9.62. The number of aromatic nitrogens is 3. The van der Waals surface area contributed by atoms with Gasteiger partial charge in [0.05, 0.1) is 19.8 Å². The highest BCUT2D eigenvalue weighted by Crippen LogP contribution is 2.29. The summed E-state index contributed by atoms with van der Waals surface area (Å²) in [6, 6.07) is 8.71. The van der Waals surface area contributed by atoms with Crippen molar-refractivity contribution in [3.8, 4) is 22.9 Å². The van der Waals surface area contributed by atoms with Gasteiger partial charge in [0.15, 0.2) is 11.5 Å². The molecule has 3 aromatic rings. The van der Waals surface area contributed by atoms with Crippen LogP contribution in [0.2, 0.25) is 0 Å². The second kappa shape index (κ2) is 10.2. The first kappa shape index (κ1) is 20.3. The highest BCUT2D eigenvalue weighted by molar-refractivity contribution is 5.94. The molecule has 0 radical (unpaired) electrons. The van der Waals surface area contributed by atoms with Gasteiger partial charge in [-0.2, -0.15) is 4.98 Å². The molecule has 29 heavy (non-hydrogen) atoms. The number of rotatable bonds is 10. The van der Waals surface area contributed by atoms with Crippen molar-refractivity contribution in [1.82, 2.24) is 20.4 Å². The van der Waals surface area contributed by atoms with Crippen LogP contribution < -0.4 is 14.8 Å². The zero-order valence-corrected chi connectivity index (χ0v) is 16.6. The van der Waals surface area contributed by atoms with Crippen molar-refractivity contribution in [3.63, 3.8) is 0 Å². The van der Waals surface area contributed by atoms with Crippen LogP contribution in [0.25, 0.3) is 11.4 Å². The number of pyridine rings is 1. The van der Waals surface area contributed by atoms with Gasteiger partial charge in [-0.3, -0.25) is 9.78 Å². The lowest BCUT2D eigenvalue weighted by Crippen LogP contribution is -2.23. The fourth-order valence-corrected chi connectivity index (χ4v) is 2.51. The number of ether oxygens (including phenoxy) is 2. The van der Waals surface area contributed by atoms with E-state index in [1.165, 1.54) is 0 Å². The van der Waals surface area contributed by atoms with E-state index in [0.717, 1.165) is 18.4 Å². The Kier molecular flexibility index (Phi) is 7.16. The van der Waals surface area contributed by atoms with Crippen molar-refractivity contribution in [2.75, 3.05) is 13.2 Å². The summed E-state index contributed by atoms with van der Waals surface area (Å²) in [6.07, 6.45) is 5.06. The maximum atomic E-state index is 12.5. The Hall–Kier alpha value is -3.42. The van der Waals surface area contributed by atoms with Gasteiger partial charge in [-0.15, -0.1) is 0 Å². The summed E-state index contributed by atoms with van der Waals surface area (Å²) in [5.74, 6) is 1.69. The quantitative estimate of drug-likeness (QED) is 0.558. The molecule has 152 valence electrons. The van der Waals surface area contributed by atoms with Crippen LogP contribution in [0.15, 0.2) is 47.2 Å². The van der Waals surface area contributed by atoms with E-state index >= 15 is 0 Å². The second-order valence-electron chi connectivity index (χ2n) is 6.29. The van der Waals surface area contributed by atoms with Crippen LogP contribution >= 0.6 is 0 Å². The normalized spacial score (nSPS) is 10.6. The summed E-state index contributed by atoms with van der Waals surface area (Å²) in [7, 11) is 0. The molecule has 0 aliphatic rings. The predicted octanol–water partition coefficient (Wildman–Crippen LogP) is 3.64. The maximum absolute atomic E-state index is 12.5. The molecule has 3 rings (SSSR count). The van der Waals surface area contributed by atoms with Crippen LogP contribution in [0.3, 0.4) is 0 Å². The van der Waals surface area contributed by atoms with E-state index in [2.05, 4.69) is 20.4 Å². The summed E-state index contributed by atoms with van der Waals surface area (Å²) in [5, 5.41) is 6.71. The number of nitrogens with zero attached hydrogens (tertiary/aromatic N) is 3. The van der Waals surface area contributed by atoms with Gasteiger partial charge in [0, 0.05) is 23.5 Å². The van der Waals surface area contributed by atoms with Crippen molar-refractivity contribution in [3.05, 3.63) is 54.2 Å². The minimum absolute atomic E-state index is 0.121. The number of hydrogen-bond acceptors (Lipinski definition) is 7. The van der Waals surface area contributed by atoms with Crippen molar-refractivity contribution in [1.29, 1.82) is 0 Å². The van der Waals surface area contributed by atoms with Crippen molar-refractivity contribution in [2.45, 2.75) is 33.2 Å². The third kappa shape index (κ3) is 5.54. The summed E-state index contributed by atoms with van der Waals surface area (Å²) in [4.78, 5) is 20.8. The molecule has 1 aromatic carbocycles. The fourth-order valence-electron chi connectivity index (χ4n) is 2.51. The van der Waals surface area contributed by atoms with Gasteiger partial charge in [-0.05, 0) is 43.2 Å². The highest BCUT2D eigenvalue weighted by atomic mass is 16.5. The molecule has 2 aromatic heterocycles. The largest absolute Gasteiger partial charge is 0.490 e. The standard InChI is InChI=1S/C21H24N4O4/c1-3-11-27-17-6-5-16(13-18(17)28-12-4-2)21(26)23-14-19-24-20(25-29-19)15-7-9-22-10-8-15/h5-10,13H,3-4,11-12,14H2,1-2H3,(H,23,26). The average molecular weight is 396 g/mol. The van der Waals surface area contributed by atoms with E-state index in [0.29, 0.717) is 42.0 Å². The third-order valence-corrected chi connectivity index (χ3v) is 3.94. The first-order valence-electron chi connectivity index (χ1n) is 9.62. The van der Waals surface area contributed by atoms with E-state index in [-0.39, 0.29) is 12.5 Å². The van der Waals surface area contributed by atoms with Crippen LogP contribution in [-0.2, 0) is 6.54 Å². The zero-order chi connectivity index (χ0) is 20.5. The van der Waals surface area contributed by atoms with Crippen LogP contribution in [0.4, 0.5) is 0 Å². The fraction of sp³-hybridized carbons (Fsp3) is 0.333. The molecule has 1 N–H and O–H groups in total. The Bertz CT molecular complexity index is 927. The average Bonchev–Trinajstić information content (AvgIpc) is 3.24. The van der Waals surface area contributed by atoms with Gasteiger partial charge >= 0.3 is 0 Å². The number of amides is 1. The molecule has 0 saturated heterocycles. The van der Waals surface area contributed by atoms with Crippen molar-refractivity contribution >= 4 is 5.91 Å². The molecule has 0 bridgehead atoms. The maximum Gasteiger partial charge on any atom is 0.251 e. The molecule has 0 saturated carbocycles. The Morgan fingerprint density at radius 3 is 2.48 bits per heavy atom. The molecule has 2 heterocycles. The molecule has 8 heteroatoms. The number of nitrogens with one attached hydrogen (secondary N) is 1. The van der Waals surface area contributed by atoms with Gasteiger partial charge in [-0.25, -0.2) is 0 Å².